The Bertz CT molecular complexity index is 1160. The summed E-state index contributed by atoms with van der Waals surface area (Å²) in [5.74, 6) is 0.902. The van der Waals surface area contributed by atoms with E-state index in [4.69, 9.17) is 9.47 Å². The molecule has 2 atom stereocenters. The predicted molar refractivity (Wildman–Crippen MR) is 176 cm³/mol. The third kappa shape index (κ3) is 11.3. The second-order valence-corrected chi connectivity index (χ2v) is 14.3. The number of hydrogen-bond donors (Lipinski definition) is 2. The van der Waals surface area contributed by atoms with E-state index in [2.05, 4.69) is 43.4 Å². The van der Waals surface area contributed by atoms with Crippen LogP contribution in [-0.2, 0) is 11.2 Å². The van der Waals surface area contributed by atoms with Crippen LogP contribution in [0.3, 0.4) is 0 Å². The molecule has 2 aliphatic heterocycles. The van der Waals surface area contributed by atoms with Crippen LogP contribution in [0.15, 0.2) is 60.7 Å². The molecule has 0 aromatic heterocycles. The van der Waals surface area contributed by atoms with E-state index in [-0.39, 0.29) is 35.4 Å². The Morgan fingerprint density at radius 2 is 1.45 bits per heavy atom. The standard InChI is InChI=1S/C24H32N2O2.C12H23NO3/c1-24(2)19-22(28-21-14-7-4-8-15-21)16-18-26(24)23(27)25-17-10-9-13-20-11-5-3-6-12-20;1-11(2,3)16-10(15)13-7-6-9(14)8-12(13,4)5/h3-8,11-12,14-15,22H,9-10,13,16-19H2,1-2H3,(H,25,27);9,14H,6-8H2,1-5H3. The Morgan fingerprint density at radius 3 is 2.05 bits per heavy atom. The number of unbranched alkanes of at least 4 members (excludes halogenated alkanes) is 1. The summed E-state index contributed by atoms with van der Waals surface area (Å²) in [5.41, 5.74) is 0.338. The van der Waals surface area contributed by atoms with Crippen molar-refractivity contribution in [3.05, 3.63) is 66.2 Å². The zero-order valence-corrected chi connectivity index (χ0v) is 28.0. The van der Waals surface area contributed by atoms with Crippen molar-refractivity contribution < 1.29 is 24.2 Å². The average Bonchev–Trinajstić information content (AvgIpc) is 2.92. The quantitative estimate of drug-likeness (QED) is 0.324. The number of urea groups is 1. The van der Waals surface area contributed by atoms with Gasteiger partial charge >= 0.3 is 12.1 Å². The monoisotopic (exact) mass is 609 g/mol. The number of aryl methyl sites for hydroxylation is 1. The fourth-order valence-corrected chi connectivity index (χ4v) is 5.93. The molecule has 2 unspecified atom stereocenters. The Balaban J connectivity index is 0.000000281. The summed E-state index contributed by atoms with van der Waals surface area (Å²) in [4.78, 5) is 28.3. The first-order valence-electron chi connectivity index (χ1n) is 16.2. The molecule has 8 heteroatoms. The van der Waals surface area contributed by atoms with Crippen molar-refractivity contribution in [1.82, 2.24) is 15.1 Å². The van der Waals surface area contributed by atoms with Gasteiger partial charge in [0.25, 0.3) is 0 Å². The van der Waals surface area contributed by atoms with Crippen molar-refractivity contribution in [3.63, 3.8) is 0 Å². The van der Waals surface area contributed by atoms with Crippen LogP contribution in [0.4, 0.5) is 9.59 Å². The van der Waals surface area contributed by atoms with Gasteiger partial charge in [0.1, 0.15) is 17.5 Å². The minimum Gasteiger partial charge on any atom is -0.490 e. The first kappa shape index (κ1) is 35.2. The lowest BCUT2D eigenvalue weighted by molar-refractivity contribution is -0.0309. The number of nitrogens with one attached hydrogen (secondary N) is 1. The van der Waals surface area contributed by atoms with Crippen LogP contribution >= 0.6 is 0 Å². The van der Waals surface area contributed by atoms with E-state index >= 15 is 0 Å². The van der Waals surface area contributed by atoms with Crippen molar-refractivity contribution >= 4 is 12.1 Å². The van der Waals surface area contributed by atoms with Crippen LogP contribution in [-0.4, -0.2) is 75.6 Å². The van der Waals surface area contributed by atoms with Crippen molar-refractivity contribution in [1.29, 1.82) is 0 Å². The number of likely N-dealkylation sites (tertiary alicyclic amines) is 2. The molecule has 2 heterocycles. The molecule has 2 aliphatic rings. The third-order valence-electron chi connectivity index (χ3n) is 8.20. The van der Waals surface area contributed by atoms with Gasteiger partial charge in [-0.3, -0.25) is 0 Å². The molecule has 0 bridgehead atoms. The minimum absolute atomic E-state index is 0.0443. The molecule has 44 heavy (non-hydrogen) atoms. The molecule has 0 spiro atoms. The van der Waals surface area contributed by atoms with Gasteiger partial charge in [-0.2, -0.15) is 0 Å². The number of nitrogens with zero attached hydrogens (tertiary/aromatic N) is 2. The van der Waals surface area contributed by atoms with E-state index in [1.165, 1.54) is 5.56 Å². The van der Waals surface area contributed by atoms with E-state index in [1.807, 2.05) is 75.9 Å². The van der Waals surface area contributed by atoms with Gasteiger partial charge in [0.05, 0.1) is 6.10 Å². The highest BCUT2D eigenvalue weighted by Gasteiger charge is 2.40. The molecular formula is C36H55N3O5. The molecule has 2 fully saturated rings. The molecule has 0 radical (unpaired) electrons. The lowest BCUT2D eigenvalue weighted by Crippen LogP contribution is -2.57. The Kier molecular flexibility index (Phi) is 12.5. The number of para-hydroxylation sites is 1. The van der Waals surface area contributed by atoms with Crippen molar-refractivity contribution in [2.75, 3.05) is 19.6 Å². The van der Waals surface area contributed by atoms with Crippen LogP contribution in [0, 0.1) is 0 Å². The normalized spacial score (nSPS) is 21.0. The average molecular weight is 610 g/mol. The van der Waals surface area contributed by atoms with Gasteiger partial charge in [-0.25, -0.2) is 9.59 Å². The van der Waals surface area contributed by atoms with Gasteiger partial charge < -0.3 is 29.7 Å². The summed E-state index contributed by atoms with van der Waals surface area (Å²) < 4.78 is 11.5. The van der Waals surface area contributed by atoms with Crippen LogP contribution < -0.4 is 10.1 Å². The molecule has 0 aliphatic carbocycles. The van der Waals surface area contributed by atoms with Crippen molar-refractivity contribution in [2.45, 2.75) is 122 Å². The van der Waals surface area contributed by atoms with E-state index in [0.29, 0.717) is 19.4 Å². The molecular weight excluding hydrogens is 554 g/mol. The number of aliphatic hydroxyl groups is 1. The van der Waals surface area contributed by atoms with E-state index in [9.17, 15) is 14.7 Å². The minimum atomic E-state index is -0.469. The van der Waals surface area contributed by atoms with Crippen molar-refractivity contribution in [3.8, 4) is 5.75 Å². The Morgan fingerprint density at radius 1 is 0.864 bits per heavy atom. The summed E-state index contributed by atoms with van der Waals surface area (Å²) in [6.07, 6.45) is 5.61. The fraction of sp³-hybridized carbons (Fsp3) is 0.611. The van der Waals surface area contributed by atoms with Gasteiger partial charge in [0.15, 0.2) is 0 Å². The van der Waals surface area contributed by atoms with Crippen molar-refractivity contribution in [2.24, 2.45) is 0 Å². The topological polar surface area (TPSA) is 91.3 Å². The fourth-order valence-electron chi connectivity index (χ4n) is 5.93. The van der Waals surface area contributed by atoms with E-state index in [0.717, 1.165) is 50.9 Å². The van der Waals surface area contributed by atoms with Crippen LogP contribution in [0.2, 0.25) is 0 Å². The summed E-state index contributed by atoms with van der Waals surface area (Å²) >= 11 is 0. The maximum absolute atomic E-state index is 12.7. The zero-order valence-electron chi connectivity index (χ0n) is 28.0. The van der Waals surface area contributed by atoms with Gasteiger partial charge in [-0.1, -0.05) is 48.5 Å². The smallest absolute Gasteiger partial charge is 0.410 e. The number of hydrogen-bond acceptors (Lipinski definition) is 5. The molecule has 244 valence electrons. The molecule has 3 amide bonds. The highest BCUT2D eigenvalue weighted by Crippen LogP contribution is 2.31. The molecule has 2 saturated heterocycles. The third-order valence-corrected chi connectivity index (χ3v) is 8.20. The maximum atomic E-state index is 12.7. The Labute approximate surface area is 265 Å². The first-order valence-corrected chi connectivity index (χ1v) is 16.2. The lowest BCUT2D eigenvalue weighted by atomic mass is 9.88. The molecule has 0 saturated carbocycles. The number of carbonyl (C=O) groups excluding carboxylic acids is 2. The van der Waals surface area contributed by atoms with E-state index in [1.54, 1.807) is 4.90 Å². The molecule has 2 N–H and O–H groups in total. The van der Waals surface area contributed by atoms with Gasteiger partial charge in [-0.05, 0) is 98.3 Å². The highest BCUT2D eigenvalue weighted by molar-refractivity contribution is 5.75. The number of rotatable bonds is 7. The van der Waals surface area contributed by atoms with Crippen LogP contribution in [0.25, 0.3) is 0 Å². The Hall–Kier alpha value is -3.26. The zero-order chi connectivity index (χ0) is 32.4. The van der Waals surface area contributed by atoms with Gasteiger partial charge in [0.2, 0.25) is 0 Å². The van der Waals surface area contributed by atoms with Gasteiger partial charge in [0, 0.05) is 43.6 Å². The van der Waals surface area contributed by atoms with E-state index < -0.39 is 5.60 Å². The first-order chi connectivity index (χ1) is 20.7. The maximum Gasteiger partial charge on any atom is 0.410 e. The molecule has 2 aromatic rings. The number of benzene rings is 2. The summed E-state index contributed by atoms with van der Waals surface area (Å²) in [6, 6.07) is 20.5. The summed E-state index contributed by atoms with van der Waals surface area (Å²) in [5, 5.41) is 12.7. The SMILES string of the molecule is CC(C)(C)OC(=O)N1CCC(O)CC1(C)C.CC1(C)CC(Oc2ccccc2)CCN1C(=O)NCCCCc1ccccc1. The highest BCUT2D eigenvalue weighted by atomic mass is 16.6. The largest absolute Gasteiger partial charge is 0.490 e. The summed E-state index contributed by atoms with van der Waals surface area (Å²) in [7, 11) is 0. The lowest BCUT2D eigenvalue weighted by Gasteiger charge is -2.45. The number of carbonyl (C=O) groups is 2. The molecule has 2 aromatic carbocycles. The number of ether oxygens (including phenoxy) is 2. The van der Waals surface area contributed by atoms with Crippen LogP contribution in [0.5, 0.6) is 5.75 Å². The molecule has 8 nitrogen and oxygen atoms in total. The van der Waals surface area contributed by atoms with Crippen LogP contribution in [0.1, 0.15) is 92.6 Å². The predicted octanol–water partition coefficient (Wildman–Crippen LogP) is 7.20. The number of piperidine rings is 2. The second-order valence-electron chi connectivity index (χ2n) is 14.3. The number of aliphatic hydroxyl groups excluding tert-OH is 1. The van der Waals surface area contributed by atoms with Gasteiger partial charge in [-0.15, -0.1) is 0 Å². The second kappa shape index (κ2) is 15.6. The summed E-state index contributed by atoms with van der Waals surface area (Å²) in [6.45, 7) is 15.7. The molecule has 4 rings (SSSR count). The number of amides is 3.